The molecule has 1 aromatic heterocycles. The molecule has 0 spiro atoms. The molecule has 2 rings (SSSR count). The molecule has 0 aliphatic carbocycles. The molecule has 1 heterocycles. The SMILES string of the molecule is CCc1cccc2oc(=O)cc(O)c12. The van der Waals surface area contributed by atoms with Gasteiger partial charge >= 0.3 is 5.63 Å². The number of hydrogen-bond donors (Lipinski definition) is 1. The van der Waals surface area contributed by atoms with Crippen molar-refractivity contribution in [3.05, 3.63) is 40.2 Å². The lowest BCUT2D eigenvalue weighted by Gasteiger charge is -2.03. The molecule has 1 aromatic carbocycles. The second kappa shape index (κ2) is 3.18. The van der Waals surface area contributed by atoms with Gasteiger partial charge in [-0.3, -0.25) is 0 Å². The largest absolute Gasteiger partial charge is 0.507 e. The zero-order valence-electron chi connectivity index (χ0n) is 7.78. The Morgan fingerprint density at radius 2 is 2.21 bits per heavy atom. The zero-order chi connectivity index (χ0) is 10.1. The zero-order valence-corrected chi connectivity index (χ0v) is 7.78. The minimum absolute atomic E-state index is 0.00583. The van der Waals surface area contributed by atoms with Gasteiger partial charge in [-0.25, -0.2) is 4.79 Å². The van der Waals surface area contributed by atoms with E-state index in [0.29, 0.717) is 11.0 Å². The van der Waals surface area contributed by atoms with Crippen LogP contribution in [0.15, 0.2) is 33.5 Å². The van der Waals surface area contributed by atoms with Crippen LogP contribution in [0, 0.1) is 0 Å². The molecular formula is C11H10O3. The van der Waals surface area contributed by atoms with Gasteiger partial charge in [0.1, 0.15) is 11.3 Å². The Morgan fingerprint density at radius 1 is 1.43 bits per heavy atom. The minimum atomic E-state index is -0.525. The molecule has 3 heteroatoms. The van der Waals surface area contributed by atoms with Crippen molar-refractivity contribution in [2.24, 2.45) is 0 Å². The Morgan fingerprint density at radius 3 is 2.93 bits per heavy atom. The first kappa shape index (κ1) is 8.81. The molecule has 0 amide bonds. The van der Waals surface area contributed by atoms with E-state index in [0.717, 1.165) is 18.1 Å². The van der Waals surface area contributed by atoms with E-state index >= 15 is 0 Å². The van der Waals surface area contributed by atoms with Gasteiger partial charge in [-0.15, -0.1) is 0 Å². The maximum Gasteiger partial charge on any atom is 0.339 e. The monoisotopic (exact) mass is 190 g/mol. The van der Waals surface area contributed by atoms with Crippen LogP contribution < -0.4 is 5.63 Å². The molecule has 0 saturated heterocycles. The summed E-state index contributed by atoms with van der Waals surface area (Å²) in [5, 5.41) is 10.2. The molecule has 0 saturated carbocycles. The topological polar surface area (TPSA) is 50.4 Å². The van der Waals surface area contributed by atoms with Crippen LogP contribution in [-0.4, -0.2) is 5.11 Å². The molecule has 0 atom stereocenters. The molecule has 2 aromatic rings. The lowest BCUT2D eigenvalue weighted by molar-refractivity contribution is 0.467. The van der Waals surface area contributed by atoms with Gasteiger partial charge in [-0.2, -0.15) is 0 Å². The molecule has 3 nitrogen and oxygen atoms in total. The lowest BCUT2D eigenvalue weighted by atomic mass is 10.1. The number of rotatable bonds is 1. The van der Waals surface area contributed by atoms with Gasteiger partial charge < -0.3 is 9.52 Å². The summed E-state index contributed by atoms with van der Waals surface area (Å²) in [5.41, 5.74) is 0.890. The molecule has 0 radical (unpaired) electrons. The van der Waals surface area contributed by atoms with E-state index in [1.54, 1.807) is 6.07 Å². The number of aromatic hydroxyl groups is 1. The number of fused-ring (bicyclic) bond motifs is 1. The molecular weight excluding hydrogens is 180 g/mol. The fourth-order valence-corrected chi connectivity index (χ4v) is 1.57. The van der Waals surface area contributed by atoms with Crippen LogP contribution in [-0.2, 0) is 6.42 Å². The van der Waals surface area contributed by atoms with E-state index in [1.807, 2.05) is 19.1 Å². The summed E-state index contributed by atoms with van der Waals surface area (Å²) in [7, 11) is 0. The van der Waals surface area contributed by atoms with E-state index in [2.05, 4.69) is 0 Å². The van der Waals surface area contributed by atoms with Crippen LogP contribution in [0.2, 0.25) is 0 Å². The summed E-state index contributed by atoms with van der Waals surface area (Å²) < 4.78 is 4.97. The second-order valence-corrected chi connectivity index (χ2v) is 3.09. The molecule has 0 aliphatic heterocycles. The summed E-state index contributed by atoms with van der Waals surface area (Å²) in [6.45, 7) is 1.99. The predicted molar refractivity (Wildman–Crippen MR) is 53.5 cm³/mol. The van der Waals surface area contributed by atoms with Gasteiger partial charge in [-0.05, 0) is 18.1 Å². The second-order valence-electron chi connectivity index (χ2n) is 3.09. The van der Waals surface area contributed by atoms with Gasteiger partial charge in [0.15, 0.2) is 0 Å². The Kier molecular flexibility index (Phi) is 2.00. The third-order valence-electron chi connectivity index (χ3n) is 2.21. The first-order valence-electron chi connectivity index (χ1n) is 4.47. The summed E-state index contributed by atoms with van der Waals surface area (Å²) >= 11 is 0. The van der Waals surface area contributed by atoms with Crippen LogP contribution in [0.4, 0.5) is 0 Å². The van der Waals surface area contributed by atoms with E-state index in [1.165, 1.54) is 0 Å². The maximum atomic E-state index is 11.0. The van der Waals surface area contributed by atoms with Crippen LogP contribution >= 0.6 is 0 Å². The highest BCUT2D eigenvalue weighted by molar-refractivity contribution is 5.86. The third kappa shape index (κ3) is 1.27. The van der Waals surface area contributed by atoms with Gasteiger partial charge in [-0.1, -0.05) is 19.1 Å². The van der Waals surface area contributed by atoms with Crippen molar-refractivity contribution in [2.45, 2.75) is 13.3 Å². The minimum Gasteiger partial charge on any atom is -0.507 e. The van der Waals surface area contributed by atoms with Gasteiger partial charge in [0, 0.05) is 0 Å². The van der Waals surface area contributed by atoms with Crippen molar-refractivity contribution < 1.29 is 9.52 Å². The van der Waals surface area contributed by atoms with E-state index in [-0.39, 0.29) is 5.75 Å². The normalized spacial score (nSPS) is 10.6. The van der Waals surface area contributed by atoms with Crippen LogP contribution in [0.25, 0.3) is 11.0 Å². The first-order chi connectivity index (χ1) is 6.72. The molecule has 72 valence electrons. The number of aryl methyl sites for hydroxylation is 1. The quantitative estimate of drug-likeness (QED) is 0.700. The summed E-state index contributed by atoms with van der Waals surface area (Å²) in [5.74, 6) is -0.00583. The van der Waals surface area contributed by atoms with Crippen molar-refractivity contribution in [1.82, 2.24) is 0 Å². The average molecular weight is 190 g/mol. The molecule has 0 bridgehead atoms. The fraction of sp³-hybridized carbons (Fsp3) is 0.182. The Labute approximate surface area is 80.6 Å². The highest BCUT2D eigenvalue weighted by Crippen LogP contribution is 2.26. The van der Waals surface area contributed by atoms with Crippen LogP contribution in [0.1, 0.15) is 12.5 Å². The summed E-state index contributed by atoms with van der Waals surface area (Å²) in [4.78, 5) is 11.0. The van der Waals surface area contributed by atoms with Crippen LogP contribution in [0.3, 0.4) is 0 Å². The number of hydrogen-bond acceptors (Lipinski definition) is 3. The standard InChI is InChI=1S/C11H10O3/c1-2-7-4-3-5-9-11(7)8(12)6-10(13)14-9/h3-6,12H,2H2,1H3. The van der Waals surface area contributed by atoms with E-state index in [4.69, 9.17) is 4.42 Å². The predicted octanol–water partition coefficient (Wildman–Crippen LogP) is 2.06. The Hall–Kier alpha value is -1.77. The third-order valence-corrected chi connectivity index (χ3v) is 2.21. The first-order valence-corrected chi connectivity index (χ1v) is 4.47. The van der Waals surface area contributed by atoms with Crippen molar-refractivity contribution in [2.75, 3.05) is 0 Å². The van der Waals surface area contributed by atoms with Crippen molar-refractivity contribution in [1.29, 1.82) is 0 Å². The summed E-state index contributed by atoms with van der Waals surface area (Å²) in [6.07, 6.45) is 0.790. The average Bonchev–Trinajstić information content (AvgIpc) is 2.16. The van der Waals surface area contributed by atoms with Crippen LogP contribution in [0.5, 0.6) is 5.75 Å². The molecule has 1 N–H and O–H groups in total. The van der Waals surface area contributed by atoms with E-state index < -0.39 is 5.63 Å². The lowest BCUT2D eigenvalue weighted by Crippen LogP contribution is -1.96. The molecule has 0 unspecified atom stereocenters. The molecule has 14 heavy (non-hydrogen) atoms. The fourth-order valence-electron chi connectivity index (χ4n) is 1.57. The Balaban J connectivity index is 2.94. The van der Waals surface area contributed by atoms with Gasteiger partial charge in [0.05, 0.1) is 11.5 Å². The van der Waals surface area contributed by atoms with Crippen molar-refractivity contribution in [3.63, 3.8) is 0 Å². The molecule has 0 aliphatic rings. The van der Waals surface area contributed by atoms with Crippen molar-refractivity contribution >= 4 is 11.0 Å². The maximum absolute atomic E-state index is 11.0. The van der Waals surface area contributed by atoms with E-state index in [9.17, 15) is 9.90 Å². The molecule has 0 fully saturated rings. The summed E-state index contributed by atoms with van der Waals surface area (Å²) in [6, 6.07) is 6.49. The van der Waals surface area contributed by atoms with Gasteiger partial charge in [0.2, 0.25) is 0 Å². The van der Waals surface area contributed by atoms with Gasteiger partial charge in [0.25, 0.3) is 0 Å². The highest BCUT2D eigenvalue weighted by Gasteiger charge is 2.07. The number of benzene rings is 1. The van der Waals surface area contributed by atoms with Crippen molar-refractivity contribution in [3.8, 4) is 5.75 Å². The smallest absolute Gasteiger partial charge is 0.339 e. The Bertz CT molecular complexity index is 526. The highest BCUT2D eigenvalue weighted by atomic mass is 16.4.